The van der Waals surface area contributed by atoms with Gasteiger partial charge in [-0.2, -0.15) is 0 Å². The van der Waals surface area contributed by atoms with Gasteiger partial charge in [0.25, 0.3) is 0 Å². The Morgan fingerprint density at radius 1 is 1.25 bits per heavy atom. The van der Waals surface area contributed by atoms with E-state index in [-0.39, 0.29) is 0 Å². The second-order valence-corrected chi connectivity index (χ2v) is 7.70. The molecule has 2 saturated carbocycles. The largest absolute Gasteiger partial charge is 0.345 e. The molecule has 3 nitrogen and oxygen atoms in total. The Labute approximate surface area is 125 Å². The van der Waals surface area contributed by atoms with Crippen LogP contribution < -0.4 is 10.2 Å². The van der Waals surface area contributed by atoms with Crippen molar-refractivity contribution in [1.82, 2.24) is 10.3 Å². The molecule has 0 spiro atoms. The number of nitrogens with one attached hydrogen (secondary N) is 1. The van der Waals surface area contributed by atoms with Crippen molar-refractivity contribution >= 4 is 16.5 Å². The van der Waals surface area contributed by atoms with E-state index in [1.165, 1.54) is 62.3 Å². The van der Waals surface area contributed by atoms with E-state index in [9.17, 15) is 0 Å². The van der Waals surface area contributed by atoms with E-state index in [1.807, 2.05) is 11.3 Å². The van der Waals surface area contributed by atoms with Crippen LogP contribution in [0, 0.1) is 5.92 Å². The maximum atomic E-state index is 5.08. The molecule has 0 saturated heterocycles. The number of aromatic nitrogens is 1. The van der Waals surface area contributed by atoms with Gasteiger partial charge in [0.1, 0.15) is 0 Å². The molecule has 4 heteroatoms. The number of anilines is 1. The van der Waals surface area contributed by atoms with Gasteiger partial charge in [-0.1, -0.05) is 6.92 Å². The topological polar surface area (TPSA) is 28.2 Å². The summed E-state index contributed by atoms with van der Waals surface area (Å²) < 4.78 is 0. The van der Waals surface area contributed by atoms with Crippen LogP contribution in [0.5, 0.6) is 0 Å². The Balaban J connectivity index is 1.58. The number of thiazole rings is 1. The molecule has 0 aliphatic heterocycles. The zero-order valence-electron chi connectivity index (χ0n) is 12.4. The van der Waals surface area contributed by atoms with E-state index in [2.05, 4.69) is 17.1 Å². The number of aryl methyl sites for hydroxylation is 1. The third kappa shape index (κ3) is 2.60. The first-order chi connectivity index (χ1) is 9.85. The first-order valence-electron chi connectivity index (χ1n) is 8.34. The minimum Gasteiger partial charge on any atom is -0.345 e. The number of rotatable bonds is 6. The highest BCUT2D eigenvalue weighted by atomic mass is 32.1. The maximum Gasteiger partial charge on any atom is 0.186 e. The summed E-state index contributed by atoms with van der Waals surface area (Å²) in [5, 5.41) is 4.94. The highest BCUT2D eigenvalue weighted by Crippen LogP contribution is 2.42. The molecule has 1 aromatic heterocycles. The fourth-order valence-electron chi connectivity index (χ4n) is 3.32. The lowest BCUT2D eigenvalue weighted by atomic mass is 9.98. The number of fused-ring (bicyclic) bond motifs is 1. The van der Waals surface area contributed by atoms with Crippen LogP contribution in [0.15, 0.2) is 0 Å². The van der Waals surface area contributed by atoms with E-state index >= 15 is 0 Å². The van der Waals surface area contributed by atoms with Crippen molar-refractivity contribution in [3.8, 4) is 0 Å². The lowest BCUT2D eigenvalue weighted by molar-refractivity contribution is 0.465. The Hall–Kier alpha value is -0.610. The molecule has 2 fully saturated rings. The fourth-order valence-corrected chi connectivity index (χ4v) is 4.57. The summed E-state index contributed by atoms with van der Waals surface area (Å²) in [5.41, 5.74) is 1.37. The number of hydrogen-bond donors (Lipinski definition) is 1. The van der Waals surface area contributed by atoms with Gasteiger partial charge in [-0.15, -0.1) is 11.3 Å². The van der Waals surface area contributed by atoms with E-state index < -0.39 is 0 Å². The summed E-state index contributed by atoms with van der Waals surface area (Å²) in [6, 6.07) is 1.32. The van der Waals surface area contributed by atoms with Crippen LogP contribution in [0.4, 0.5) is 5.13 Å². The summed E-state index contributed by atoms with van der Waals surface area (Å²) >= 11 is 1.99. The van der Waals surface area contributed by atoms with Crippen LogP contribution in [0.1, 0.15) is 62.1 Å². The lowest BCUT2D eigenvalue weighted by Gasteiger charge is -2.22. The molecule has 20 heavy (non-hydrogen) atoms. The third-order valence-corrected chi connectivity index (χ3v) is 5.95. The predicted octanol–water partition coefficient (Wildman–Crippen LogP) is 3.51. The SMILES string of the molecule is CCNC1CCCc2sc(N(CC3CC3)C3CC3)nc21. The molecule has 0 radical (unpaired) electrons. The second-order valence-electron chi connectivity index (χ2n) is 6.63. The minimum atomic E-state index is 0.510. The number of nitrogens with zero attached hydrogens (tertiary/aromatic N) is 2. The highest BCUT2D eigenvalue weighted by Gasteiger charge is 2.36. The van der Waals surface area contributed by atoms with Gasteiger partial charge < -0.3 is 10.2 Å². The predicted molar refractivity (Wildman–Crippen MR) is 84.6 cm³/mol. The molecule has 3 aliphatic carbocycles. The molecule has 4 rings (SSSR count). The zero-order chi connectivity index (χ0) is 13.5. The summed E-state index contributed by atoms with van der Waals surface area (Å²) in [6.07, 6.45) is 9.47. The highest BCUT2D eigenvalue weighted by molar-refractivity contribution is 7.15. The summed E-state index contributed by atoms with van der Waals surface area (Å²) in [5.74, 6) is 0.959. The molecular weight excluding hydrogens is 266 g/mol. The zero-order valence-corrected chi connectivity index (χ0v) is 13.2. The van der Waals surface area contributed by atoms with E-state index in [0.717, 1.165) is 18.5 Å². The van der Waals surface area contributed by atoms with Crippen LogP contribution >= 0.6 is 11.3 Å². The van der Waals surface area contributed by atoms with E-state index in [0.29, 0.717) is 6.04 Å². The van der Waals surface area contributed by atoms with Crippen LogP contribution in [-0.4, -0.2) is 24.1 Å². The molecule has 0 amide bonds. The molecular formula is C16H25N3S. The lowest BCUT2D eigenvalue weighted by Crippen LogP contribution is -2.28. The van der Waals surface area contributed by atoms with Gasteiger partial charge in [-0.3, -0.25) is 0 Å². The maximum absolute atomic E-state index is 5.08. The molecule has 1 N–H and O–H groups in total. The molecule has 1 heterocycles. The molecule has 1 atom stereocenters. The average molecular weight is 291 g/mol. The van der Waals surface area contributed by atoms with Gasteiger partial charge in [-0.05, 0) is 57.4 Å². The Bertz CT molecular complexity index is 476. The van der Waals surface area contributed by atoms with Crippen LogP contribution in [0.2, 0.25) is 0 Å². The molecule has 110 valence electrons. The molecule has 3 aliphatic rings. The van der Waals surface area contributed by atoms with Crippen molar-refractivity contribution in [3.63, 3.8) is 0 Å². The standard InChI is InChI=1S/C16H25N3S/c1-2-17-13-4-3-5-14-15(13)18-16(20-14)19(12-8-9-12)10-11-6-7-11/h11-13,17H,2-10H2,1H3. The van der Waals surface area contributed by atoms with Crippen molar-refractivity contribution in [2.45, 2.75) is 64.0 Å². The molecule has 0 aromatic carbocycles. The summed E-state index contributed by atoms with van der Waals surface area (Å²) in [7, 11) is 0. The first-order valence-corrected chi connectivity index (χ1v) is 9.16. The monoisotopic (exact) mass is 291 g/mol. The Kier molecular flexibility index (Phi) is 3.47. The van der Waals surface area contributed by atoms with E-state index in [1.54, 1.807) is 4.88 Å². The van der Waals surface area contributed by atoms with Gasteiger partial charge in [0.15, 0.2) is 5.13 Å². The quantitative estimate of drug-likeness (QED) is 0.869. The summed E-state index contributed by atoms with van der Waals surface area (Å²) in [4.78, 5) is 9.27. The fraction of sp³-hybridized carbons (Fsp3) is 0.812. The van der Waals surface area contributed by atoms with Crippen LogP contribution in [0.25, 0.3) is 0 Å². The number of hydrogen-bond acceptors (Lipinski definition) is 4. The van der Waals surface area contributed by atoms with Gasteiger partial charge in [-0.25, -0.2) is 4.98 Å². The molecule has 0 bridgehead atoms. The van der Waals surface area contributed by atoms with Crippen LogP contribution in [-0.2, 0) is 6.42 Å². The van der Waals surface area contributed by atoms with Crippen molar-refractivity contribution < 1.29 is 0 Å². The van der Waals surface area contributed by atoms with Crippen molar-refractivity contribution in [2.75, 3.05) is 18.0 Å². The van der Waals surface area contributed by atoms with Gasteiger partial charge in [0.2, 0.25) is 0 Å². The average Bonchev–Trinajstić information content (AvgIpc) is 3.34. The van der Waals surface area contributed by atoms with Crippen molar-refractivity contribution in [3.05, 3.63) is 10.6 Å². The smallest absolute Gasteiger partial charge is 0.186 e. The second kappa shape index (κ2) is 5.30. The molecule has 1 aromatic rings. The molecule has 1 unspecified atom stereocenters. The first kappa shape index (κ1) is 13.1. The summed E-state index contributed by atoms with van der Waals surface area (Å²) in [6.45, 7) is 4.51. The van der Waals surface area contributed by atoms with Gasteiger partial charge in [0, 0.05) is 17.5 Å². The van der Waals surface area contributed by atoms with E-state index in [4.69, 9.17) is 4.98 Å². The van der Waals surface area contributed by atoms with Crippen molar-refractivity contribution in [2.24, 2.45) is 5.92 Å². The Morgan fingerprint density at radius 2 is 2.10 bits per heavy atom. The van der Waals surface area contributed by atoms with Crippen LogP contribution in [0.3, 0.4) is 0 Å². The Morgan fingerprint density at radius 3 is 2.80 bits per heavy atom. The third-order valence-electron chi connectivity index (χ3n) is 4.78. The normalized spacial score (nSPS) is 25.6. The van der Waals surface area contributed by atoms with Gasteiger partial charge >= 0.3 is 0 Å². The van der Waals surface area contributed by atoms with Gasteiger partial charge in [0.05, 0.1) is 11.7 Å². The minimum absolute atomic E-state index is 0.510. The van der Waals surface area contributed by atoms with Crippen molar-refractivity contribution in [1.29, 1.82) is 0 Å².